The van der Waals surface area contributed by atoms with Crippen LogP contribution in [0.2, 0.25) is 0 Å². The van der Waals surface area contributed by atoms with Crippen LogP contribution in [-0.2, 0) is 19.7 Å². The first-order valence-electron chi connectivity index (χ1n) is 10.2. The zero-order chi connectivity index (χ0) is 19.3. The van der Waals surface area contributed by atoms with Crippen molar-refractivity contribution in [1.82, 2.24) is 0 Å². The molecule has 0 bridgehead atoms. The Morgan fingerprint density at radius 3 is 2.67 bits per heavy atom. The molecule has 0 saturated heterocycles. The second-order valence-electron chi connectivity index (χ2n) is 8.57. The standard InChI is InChI=1S/C24H32O3/c1-18-12-14-21(24(2,3)19-9-5-4-6-10-19)22(17-18)27-23(25)15-13-20-11-7-8-16-26-20/h4-6,8-10,13,15-16,18,20-22H,7,11-12,14,17H2,1-3H3/b15-13+/t18-,20-,21-,22-/m1/s1. The summed E-state index contributed by atoms with van der Waals surface area (Å²) in [5.41, 5.74) is 1.27. The van der Waals surface area contributed by atoms with E-state index < -0.39 is 0 Å². The van der Waals surface area contributed by atoms with Crippen LogP contribution < -0.4 is 0 Å². The smallest absolute Gasteiger partial charge is 0.330 e. The molecule has 1 aromatic carbocycles. The van der Waals surface area contributed by atoms with Crippen LogP contribution in [0.5, 0.6) is 0 Å². The van der Waals surface area contributed by atoms with Crippen LogP contribution in [0.25, 0.3) is 0 Å². The molecule has 0 radical (unpaired) electrons. The van der Waals surface area contributed by atoms with Crippen molar-refractivity contribution in [2.75, 3.05) is 0 Å². The Kier molecular flexibility index (Phi) is 6.41. The van der Waals surface area contributed by atoms with Gasteiger partial charge in [-0.2, -0.15) is 0 Å². The van der Waals surface area contributed by atoms with E-state index >= 15 is 0 Å². The zero-order valence-electron chi connectivity index (χ0n) is 16.8. The predicted molar refractivity (Wildman–Crippen MR) is 108 cm³/mol. The van der Waals surface area contributed by atoms with E-state index in [1.165, 1.54) is 12.0 Å². The molecule has 1 fully saturated rings. The summed E-state index contributed by atoms with van der Waals surface area (Å²) in [6, 6.07) is 10.6. The first-order chi connectivity index (χ1) is 13.0. The van der Waals surface area contributed by atoms with Gasteiger partial charge in [-0.05, 0) is 54.7 Å². The molecule has 0 spiro atoms. The topological polar surface area (TPSA) is 35.5 Å². The van der Waals surface area contributed by atoms with Crippen molar-refractivity contribution in [2.45, 2.75) is 70.5 Å². The molecule has 146 valence electrons. The Bertz CT molecular complexity index is 674. The number of benzene rings is 1. The van der Waals surface area contributed by atoms with Crippen molar-refractivity contribution in [3.8, 4) is 0 Å². The maximum absolute atomic E-state index is 12.5. The summed E-state index contributed by atoms with van der Waals surface area (Å²) in [5.74, 6) is 0.657. The number of allylic oxidation sites excluding steroid dienone is 1. The van der Waals surface area contributed by atoms with E-state index in [2.05, 4.69) is 45.0 Å². The van der Waals surface area contributed by atoms with Gasteiger partial charge in [0.2, 0.25) is 0 Å². The minimum Gasteiger partial charge on any atom is -0.494 e. The first kappa shape index (κ1) is 19.7. The third-order valence-corrected chi connectivity index (χ3v) is 6.18. The predicted octanol–water partition coefficient (Wildman–Crippen LogP) is 5.56. The summed E-state index contributed by atoms with van der Waals surface area (Å²) in [6.45, 7) is 6.81. The Balaban J connectivity index is 1.69. The Morgan fingerprint density at radius 2 is 1.96 bits per heavy atom. The molecular weight excluding hydrogens is 336 g/mol. The Hall–Kier alpha value is -2.03. The van der Waals surface area contributed by atoms with Crippen LogP contribution in [-0.4, -0.2) is 18.2 Å². The molecule has 3 nitrogen and oxygen atoms in total. The van der Waals surface area contributed by atoms with Gasteiger partial charge in [-0.25, -0.2) is 4.79 Å². The highest BCUT2D eigenvalue weighted by atomic mass is 16.5. The summed E-state index contributed by atoms with van der Waals surface area (Å²) in [4.78, 5) is 12.5. The number of esters is 1. The molecule has 1 saturated carbocycles. The highest BCUT2D eigenvalue weighted by Gasteiger charge is 2.41. The molecule has 0 amide bonds. The number of carbonyl (C=O) groups is 1. The van der Waals surface area contributed by atoms with Crippen molar-refractivity contribution in [3.63, 3.8) is 0 Å². The van der Waals surface area contributed by atoms with E-state index in [9.17, 15) is 4.79 Å². The molecular formula is C24H32O3. The second-order valence-corrected chi connectivity index (χ2v) is 8.57. The van der Waals surface area contributed by atoms with Crippen molar-refractivity contribution in [3.05, 3.63) is 60.4 Å². The van der Waals surface area contributed by atoms with Crippen LogP contribution in [0, 0.1) is 11.8 Å². The third kappa shape index (κ3) is 5.03. The minimum absolute atomic E-state index is 0.0237. The van der Waals surface area contributed by atoms with Crippen molar-refractivity contribution in [2.24, 2.45) is 11.8 Å². The highest BCUT2D eigenvalue weighted by Crippen LogP contribution is 2.43. The number of hydrogen-bond donors (Lipinski definition) is 0. The summed E-state index contributed by atoms with van der Waals surface area (Å²) in [7, 11) is 0. The van der Waals surface area contributed by atoms with Gasteiger partial charge in [0.1, 0.15) is 12.2 Å². The van der Waals surface area contributed by atoms with Gasteiger partial charge in [0, 0.05) is 12.0 Å². The van der Waals surface area contributed by atoms with E-state index in [0.29, 0.717) is 11.8 Å². The molecule has 0 N–H and O–H groups in total. The highest BCUT2D eigenvalue weighted by molar-refractivity contribution is 5.82. The summed E-state index contributed by atoms with van der Waals surface area (Å²) >= 11 is 0. The quantitative estimate of drug-likeness (QED) is 0.504. The summed E-state index contributed by atoms with van der Waals surface area (Å²) < 4.78 is 11.5. The summed E-state index contributed by atoms with van der Waals surface area (Å²) in [5, 5.41) is 0. The molecule has 1 aromatic rings. The number of ether oxygens (including phenoxy) is 2. The molecule has 1 aliphatic carbocycles. The molecule has 2 aliphatic rings. The zero-order valence-corrected chi connectivity index (χ0v) is 16.8. The van der Waals surface area contributed by atoms with Gasteiger partial charge in [0.25, 0.3) is 0 Å². The van der Waals surface area contributed by atoms with Crippen LogP contribution in [0.15, 0.2) is 54.8 Å². The fourth-order valence-corrected chi connectivity index (χ4v) is 4.44. The van der Waals surface area contributed by atoms with E-state index in [-0.39, 0.29) is 23.6 Å². The van der Waals surface area contributed by atoms with Gasteiger partial charge >= 0.3 is 5.97 Å². The monoisotopic (exact) mass is 368 g/mol. The van der Waals surface area contributed by atoms with E-state index in [1.807, 2.05) is 18.2 Å². The van der Waals surface area contributed by atoms with Crippen LogP contribution in [0.3, 0.4) is 0 Å². The molecule has 4 atom stereocenters. The van der Waals surface area contributed by atoms with Crippen LogP contribution in [0.4, 0.5) is 0 Å². The van der Waals surface area contributed by atoms with Crippen molar-refractivity contribution < 1.29 is 14.3 Å². The van der Waals surface area contributed by atoms with Gasteiger partial charge in [-0.3, -0.25) is 0 Å². The normalized spacial score (nSPS) is 28.7. The van der Waals surface area contributed by atoms with E-state index in [1.54, 1.807) is 12.3 Å². The number of carbonyl (C=O) groups excluding carboxylic acids is 1. The lowest BCUT2D eigenvalue weighted by atomic mass is 9.64. The molecule has 0 unspecified atom stereocenters. The lowest BCUT2D eigenvalue weighted by Crippen LogP contribution is -2.43. The van der Waals surface area contributed by atoms with Gasteiger partial charge in [-0.15, -0.1) is 0 Å². The fourth-order valence-electron chi connectivity index (χ4n) is 4.44. The Morgan fingerprint density at radius 1 is 1.19 bits per heavy atom. The largest absolute Gasteiger partial charge is 0.494 e. The van der Waals surface area contributed by atoms with Crippen molar-refractivity contribution in [1.29, 1.82) is 0 Å². The Labute approximate surface area is 163 Å². The molecule has 27 heavy (non-hydrogen) atoms. The van der Waals surface area contributed by atoms with Gasteiger partial charge < -0.3 is 9.47 Å². The maximum Gasteiger partial charge on any atom is 0.330 e. The molecule has 3 heteroatoms. The molecule has 1 heterocycles. The molecule has 1 aliphatic heterocycles. The van der Waals surface area contributed by atoms with E-state index in [0.717, 1.165) is 25.7 Å². The van der Waals surface area contributed by atoms with Gasteiger partial charge in [-0.1, -0.05) is 57.5 Å². The van der Waals surface area contributed by atoms with Crippen LogP contribution >= 0.6 is 0 Å². The lowest BCUT2D eigenvalue weighted by Gasteiger charge is -2.43. The van der Waals surface area contributed by atoms with Crippen molar-refractivity contribution >= 4 is 5.97 Å². The number of rotatable bonds is 5. The minimum atomic E-state index is -0.249. The second kappa shape index (κ2) is 8.77. The van der Waals surface area contributed by atoms with Gasteiger partial charge in [0.15, 0.2) is 0 Å². The molecule has 0 aromatic heterocycles. The van der Waals surface area contributed by atoms with Gasteiger partial charge in [0.05, 0.1) is 6.26 Å². The third-order valence-electron chi connectivity index (χ3n) is 6.18. The summed E-state index contributed by atoms with van der Waals surface area (Å²) in [6.07, 6.45) is 12.1. The van der Waals surface area contributed by atoms with E-state index in [4.69, 9.17) is 9.47 Å². The lowest BCUT2D eigenvalue weighted by molar-refractivity contribution is -0.150. The fraction of sp³-hybridized carbons (Fsp3) is 0.542. The average Bonchev–Trinajstić information content (AvgIpc) is 2.68. The molecule has 3 rings (SSSR count). The SMILES string of the molecule is C[C@@H]1CC[C@@H](C(C)(C)c2ccccc2)[C@H](OC(=O)/C=C/[C@H]2CCC=CO2)C1. The maximum atomic E-state index is 12.5. The average molecular weight is 369 g/mol. The number of hydrogen-bond acceptors (Lipinski definition) is 3. The first-order valence-corrected chi connectivity index (χ1v) is 10.2. The van der Waals surface area contributed by atoms with Crippen LogP contribution in [0.1, 0.15) is 58.4 Å².